The highest BCUT2D eigenvalue weighted by molar-refractivity contribution is 5.97. The van der Waals surface area contributed by atoms with Crippen LogP contribution in [0.15, 0.2) is 42.5 Å². The Bertz CT molecular complexity index is 858. The summed E-state index contributed by atoms with van der Waals surface area (Å²) in [4.78, 5) is 35.4. The van der Waals surface area contributed by atoms with Crippen molar-refractivity contribution < 1.29 is 23.9 Å². The van der Waals surface area contributed by atoms with Crippen LogP contribution in [0.25, 0.3) is 0 Å². The molecule has 0 saturated carbocycles. The minimum atomic E-state index is -0.944. The van der Waals surface area contributed by atoms with E-state index in [1.165, 1.54) is 13.8 Å². The van der Waals surface area contributed by atoms with Gasteiger partial charge >= 0.3 is 5.97 Å². The Labute approximate surface area is 164 Å². The van der Waals surface area contributed by atoms with Crippen LogP contribution in [0.1, 0.15) is 41.8 Å². The number of Topliss-reactive ketones (excluding diaryl/α,β-unsaturated/α-hetero) is 1. The SMILES string of the molecule is CC(=O)c1ccc(NC(=O)[C@@H](C)OC(=O)CCOc2cc(C)ccc2C)cc1. The van der Waals surface area contributed by atoms with E-state index in [-0.39, 0.29) is 18.8 Å². The van der Waals surface area contributed by atoms with Gasteiger partial charge in [0.05, 0.1) is 13.0 Å². The molecule has 1 amide bonds. The third-order valence-electron chi connectivity index (χ3n) is 4.14. The first-order chi connectivity index (χ1) is 13.3. The second-order valence-corrected chi connectivity index (χ2v) is 6.62. The lowest BCUT2D eigenvalue weighted by molar-refractivity contribution is -0.153. The molecule has 0 aliphatic carbocycles. The van der Waals surface area contributed by atoms with Crippen LogP contribution in [0.4, 0.5) is 5.69 Å². The molecule has 6 heteroatoms. The van der Waals surface area contributed by atoms with Crippen LogP contribution < -0.4 is 10.1 Å². The Kier molecular flexibility index (Phi) is 7.32. The van der Waals surface area contributed by atoms with Crippen LogP contribution in [-0.4, -0.2) is 30.4 Å². The van der Waals surface area contributed by atoms with Gasteiger partial charge in [-0.25, -0.2) is 0 Å². The molecule has 0 heterocycles. The largest absolute Gasteiger partial charge is 0.493 e. The molecule has 148 valence electrons. The molecule has 0 unspecified atom stereocenters. The van der Waals surface area contributed by atoms with E-state index in [4.69, 9.17) is 9.47 Å². The maximum atomic E-state index is 12.2. The third-order valence-corrected chi connectivity index (χ3v) is 4.14. The number of rotatable bonds is 8. The van der Waals surface area contributed by atoms with Gasteiger partial charge in [0.2, 0.25) is 0 Å². The minimum Gasteiger partial charge on any atom is -0.493 e. The predicted molar refractivity (Wildman–Crippen MR) is 107 cm³/mol. The number of ketones is 1. The molecule has 0 aromatic heterocycles. The summed E-state index contributed by atoms with van der Waals surface area (Å²) in [6.45, 7) is 7.04. The summed E-state index contributed by atoms with van der Waals surface area (Å²) in [5.41, 5.74) is 3.14. The lowest BCUT2D eigenvalue weighted by Crippen LogP contribution is -2.30. The van der Waals surface area contributed by atoms with Gasteiger partial charge in [0.25, 0.3) is 5.91 Å². The van der Waals surface area contributed by atoms with E-state index in [1.54, 1.807) is 24.3 Å². The Balaban J connectivity index is 1.78. The summed E-state index contributed by atoms with van der Waals surface area (Å²) in [6, 6.07) is 12.4. The molecule has 0 saturated heterocycles. The lowest BCUT2D eigenvalue weighted by Gasteiger charge is -2.14. The molecule has 0 spiro atoms. The average molecular weight is 383 g/mol. The Hall–Kier alpha value is -3.15. The summed E-state index contributed by atoms with van der Waals surface area (Å²) in [6.07, 6.45) is -0.904. The first-order valence-corrected chi connectivity index (χ1v) is 9.07. The highest BCUT2D eigenvalue weighted by atomic mass is 16.5. The zero-order valence-corrected chi connectivity index (χ0v) is 16.6. The fraction of sp³-hybridized carbons (Fsp3) is 0.318. The smallest absolute Gasteiger partial charge is 0.310 e. The standard InChI is InChI=1S/C22H25NO5/c1-14-5-6-15(2)20(13-14)27-12-11-21(25)28-17(4)22(26)23-19-9-7-18(8-10-19)16(3)24/h5-10,13,17H,11-12H2,1-4H3,(H,23,26)/t17-/m1/s1. The number of hydrogen-bond acceptors (Lipinski definition) is 5. The van der Waals surface area contributed by atoms with Crippen molar-refractivity contribution in [2.75, 3.05) is 11.9 Å². The van der Waals surface area contributed by atoms with Crippen molar-refractivity contribution in [2.24, 2.45) is 0 Å². The number of aryl methyl sites for hydroxylation is 2. The van der Waals surface area contributed by atoms with Gasteiger partial charge in [-0.1, -0.05) is 12.1 Å². The fourth-order valence-electron chi connectivity index (χ4n) is 2.45. The second-order valence-electron chi connectivity index (χ2n) is 6.62. The number of anilines is 1. The summed E-state index contributed by atoms with van der Waals surface area (Å²) in [5.74, 6) is -0.282. The third kappa shape index (κ3) is 6.23. The molecule has 2 rings (SSSR count). The molecule has 28 heavy (non-hydrogen) atoms. The molecule has 0 fully saturated rings. The molecule has 0 radical (unpaired) electrons. The number of nitrogens with one attached hydrogen (secondary N) is 1. The van der Waals surface area contributed by atoms with Crippen LogP contribution in [-0.2, 0) is 14.3 Å². The number of ether oxygens (including phenoxy) is 2. The zero-order chi connectivity index (χ0) is 20.7. The van der Waals surface area contributed by atoms with E-state index in [0.29, 0.717) is 11.3 Å². The highest BCUT2D eigenvalue weighted by Crippen LogP contribution is 2.19. The van der Waals surface area contributed by atoms with E-state index in [9.17, 15) is 14.4 Å². The van der Waals surface area contributed by atoms with Crippen molar-refractivity contribution in [1.29, 1.82) is 0 Å². The van der Waals surface area contributed by atoms with Crippen LogP contribution in [0.5, 0.6) is 5.75 Å². The van der Waals surface area contributed by atoms with Crippen LogP contribution in [0, 0.1) is 13.8 Å². The van der Waals surface area contributed by atoms with Crippen molar-refractivity contribution in [2.45, 2.75) is 40.2 Å². The Morgan fingerprint density at radius 3 is 2.36 bits per heavy atom. The van der Waals surface area contributed by atoms with Gasteiger partial charge in [-0.15, -0.1) is 0 Å². The van der Waals surface area contributed by atoms with Crippen molar-refractivity contribution in [3.8, 4) is 5.75 Å². The van der Waals surface area contributed by atoms with Gasteiger partial charge < -0.3 is 14.8 Å². The molecular weight excluding hydrogens is 358 g/mol. The second kappa shape index (κ2) is 9.69. The number of hydrogen-bond donors (Lipinski definition) is 1. The number of carbonyl (C=O) groups is 3. The van der Waals surface area contributed by atoms with Gasteiger partial charge in [-0.05, 0) is 69.2 Å². The van der Waals surface area contributed by atoms with Crippen molar-refractivity contribution in [3.63, 3.8) is 0 Å². The van der Waals surface area contributed by atoms with Crippen LogP contribution in [0.2, 0.25) is 0 Å². The molecule has 6 nitrogen and oxygen atoms in total. The van der Waals surface area contributed by atoms with Gasteiger partial charge in [-0.2, -0.15) is 0 Å². The molecule has 1 atom stereocenters. The Morgan fingerprint density at radius 1 is 1.04 bits per heavy atom. The predicted octanol–water partition coefficient (Wildman–Crippen LogP) is 3.85. The quantitative estimate of drug-likeness (QED) is 0.553. The lowest BCUT2D eigenvalue weighted by atomic mass is 10.1. The first kappa shape index (κ1) is 21.2. The van der Waals surface area contributed by atoms with E-state index < -0.39 is 18.0 Å². The molecule has 2 aromatic carbocycles. The number of amides is 1. The molecule has 0 aliphatic rings. The molecule has 0 aliphatic heterocycles. The summed E-state index contributed by atoms with van der Waals surface area (Å²) >= 11 is 0. The van der Waals surface area contributed by atoms with E-state index in [2.05, 4.69) is 5.32 Å². The van der Waals surface area contributed by atoms with Gasteiger partial charge in [0.1, 0.15) is 5.75 Å². The van der Waals surface area contributed by atoms with E-state index in [0.717, 1.165) is 16.9 Å². The maximum Gasteiger partial charge on any atom is 0.310 e. The van der Waals surface area contributed by atoms with Crippen molar-refractivity contribution in [3.05, 3.63) is 59.2 Å². The molecule has 2 aromatic rings. The number of carbonyl (C=O) groups excluding carboxylic acids is 3. The molecule has 1 N–H and O–H groups in total. The summed E-state index contributed by atoms with van der Waals surface area (Å²) in [7, 11) is 0. The molecular formula is C22H25NO5. The minimum absolute atomic E-state index is 0.0400. The topological polar surface area (TPSA) is 81.7 Å². The average Bonchev–Trinajstić information content (AvgIpc) is 2.64. The maximum absolute atomic E-state index is 12.2. The van der Waals surface area contributed by atoms with Crippen LogP contribution >= 0.6 is 0 Å². The van der Waals surface area contributed by atoms with Crippen molar-refractivity contribution >= 4 is 23.3 Å². The highest BCUT2D eigenvalue weighted by Gasteiger charge is 2.18. The Morgan fingerprint density at radius 2 is 1.71 bits per heavy atom. The van der Waals surface area contributed by atoms with Gasteiger partial charge in [0, 0.05) is 11.3 Å². The van der Waals surface area contributed by atoms with Crippen LogP contribution in [0.3, 0.4) is 0 Å². The van der Waals surface area contributed by atoms with Crippen molar-refractivity contribution in [1.82, 2.24) is 0 Å². The molecule has 0 bridgehead atoms. The van der Waals surface area contributed by atoms with Gasteiger partial charge in [-0.3, -0.25) is 14.4 Å². The van der Waals surface area contributed by atoms with E-state index >= 15 is 0 Å². The first-order valence-electron chi connectivity index (χ1n) is 9.07. The summed E-state index contributed by atoms with van der Waals surface area (Å²) in [5, 5.41) is 2.65. The fourth-order valence-corrected chi connectivity index (χ4v) is 2.45. The summed E-state index contributed by atoms with van der Waals surface area (Å²) < 4.78 is 10.8. The zero-order valence-electron chi connectivity index (χ0n) is 16.6. The monoisotopic (exact) mass is 383 g/mol. The van der Waals surface area contributed by atoms with Gasteiger partial charge in [0.15, 0.2) is 11.9 Å². The number of esters is 1. The van der Waals surface area contributed by atoms with E-state index in [1.807, 2.05) is 32.0 Å². The number of benzene rings is 2. The normalized spacial score (nSPS) is 11.4.